The van der Waals surface area contributed by atoms with Gasteiger partial charge in [-0.15, -0.1) is 0 Å². The molecule has 5 heteroatoms. The Morgan fingerprint density at radius 1 is 0.935 bits per heavy atom. The highest BCUT2D eigenvalue weighted by Gasteiger charge is 2.21. The van der Waals surface area contributed by atoms with Gasteiger partial charge in [-0.2, -0.15) is 0 Å². The Hall–Kier alpha value is -3.11. The molecule has 0 fully saturated rings. The summed E-state index contributed by atoms with van der Waals surface area (Å²) in [5, 5.41) is 3.25. The summed E-state index contributed by atoms with van der Waals surface area (Å²) in [4.78, 5) is 25.9. The van der Waals surface area contributed by atoms with Crippen LogP contribution in [0.5, 0.6) is 5.75 Å². The number of nitrogens with one attached hydrogen (secondary N) is 1. The fraction of sp³-hybridized carbons (Fsp3) is 0.231. The molecule has 0 bridgehead atoms. The number of halogens is 1. The topological polar surface area (TPSA) is 55.4 Å². The molecule has 0 spiro atoms. The van der Waals surface area contributed by atoms with Gasteiger partial charge in [0.15, 0.2) is 11.9 Å². The van der Waals surface area contributed by atoms with Crippen molar-refractivity contribution in [2.45, 2.75) is 39.7 Å². The number of amides is 1. The highest BCUT2D eigenvalue weighted by molar-refractivity contribution is 6.31. The number of rotatable bonds is 7. The van der Waals surface area contributed by atoms with Crippen LogP contribution in [-0.2, 0) is 4.79 Å². The van der Waals surface area contributed by atoms with Crippen molar-refractivity contribution in [3.63, 3.8) is 0 Å². The number of ketones is 1. The van der Waals surface area contributed by atoms with E-state index in [4.69, 9.17) is 16.3 Å². The summed E-state index contributed by atoms with van der Waals surface area (Å²) in [6.07, 6.45) is -0.755. The minimum absolute atomic E-state index is 0.215. The first kappa shape index (κ1) is 22.6. The second kappa shape index (κ2) is 9.80. The summed E-state index contributed by atoms with van der Waals surface area (Å²) < 4.78 is 6.01. The van der Waals surface area contributed by atoms with Crippen LogP contribution in [0.25, 0.3) is 0 Å². The number of carbonyl (C=O) groups is 2. The largest absolute Gasteiger partial charge is 0.481 e. The smallest absolute Gasteiger partial charge is 0.265 e. The van der Waals surface area contributed by atoms with Gasteiger partial charge in [0.25, 0.3) is 5.91 Å². The highest BCUT2D eigenvalue weighted by Crippen LogP contribution is 2.29. The Bertz CT molecular complexity index is 1090. The molecule has 0 saturated heterocycles. The molecule has 3 aromatic carbocycles. The number of carbonyl (C=O) groups excluding carboxylic acids is 2. The van der Waals surface area contributed by atoms with Crippen molar-refractivity contribution in [3.05, 3.63) is 94.0 Å². The lowest BCUT2D eigenvalue weighted by molar-refractivity contribution is -0.122. The molecule has 0 aliphatic heterocycles. The third kappa shape index (κ3) is 5.53. The second-order valence-electron chi connectivity index (χ2n) is 7.83. The summed E-state index contributed by atoms with van der Waals surface area (Å²) in [5.74, 6) is 0.389. The number of ether oxygens (including phenoxy) is 1. The number of anilines is 1. The van der Waals surface area contributed by atoms with Gasteiger partial charge in [0.2, 0.25) is 0 Å². The average Bonchev–Trinajstić information content (AvgIpc) is 2.74. The molecule has 1 N–H and O–H groups in total. The van der Waals surface area contributed by atoms with Crippen molar-refractivity contribution in [2.24, 2.45) is 0 Å². The summed E-state index contributed by atoms with van der Waals surface area (Å²) >= 11 is 6.13. The third-order valence-electron chi connectivity index (χ3n) is 4.98. The van der Waals surface area contributed by atoms with E-state index in [9.17, 15) is 9.59 Å². The van der Waals surface area contributed by atoms with Crippen molar-refractivity contribution < 1.29 is 14.3 Å². The van der Waals surface area contributed by atoms with Crippen LogP contribution in [0.4, 0.5) is 5.69 Å². The van der Waals surface area contributed by atoms with Gasteiger partial charge in [-0.3, -0.25) is 9.59 Å². The first-order valence-corrected chi connectivity index (χ1v) is 10.6. The normalized spacial score (nSPS) is 11.8. The van der Waals surface area contributed by atoms with Crippen LogP contribution in [0.2, 0.25) is 5.02 Å². The molecule has 160 valence electrons. The van der Waals surface area contributed by atoms with Crippen LogP contribution in [-0.4, -0.2) is 17.8 Å². The van der Waals surface area contributed by atoms with E-state index in [1.165, 1.54) is 0 Å². The van der Waals surface area contributed by atoms with E-state index >= 15 is 0 Å². The van der Waals surface area contributed by atoms with Gasteiger partial charge in [-0.25, -0.2) is 0 Å². The molecule has 0 aromatic heterocycles. The first-order chi connectivity index (χ1) is 14.8. The fourth-order valence-electron chi connectivity index (χ4n) is 3.26. The number of hydrogen-bond acceptors (Lipinski definition) is 3. The van der Waals surface area contributed by atoms with E-state index in [-0.39, 0.29) is 17.6 Å². The van der Waals surface area contributed by atoms with E-state index < -0.39 is 6.10 Å². The molecular formula is C26H26ClNO3. The Kier molecular flexibility index (Phi) is 7.13. The molecule has 0 unspecified atom stereocenters. The first-order valence-electron chi connectivity index (χ1n) is 10.2. The zero-order valence-corrected chi connectivity index (χ0v) is 18.9. The monoisotopic (exact) mass is 435 g/mol. The van der Waals surface area contributed by atoms with Crippen molar-refractivity contribution in [3.8, 4) is 5.75 Å². The predicted molar refractivity (Wildman–Crippen MR) is 125 cm³/mol. The van der Waals surface area contributed by atoms with E-state index in [1.54, 1.807) is 49.4 Å². The van der Waals surface area contributed by atoms with Crippen LogP contribution < -0.4 is 10.1 Å². The Morgan fingerprint density at radius 3 is 2.32 bits per heavy atom. The lowest BCUT2D eigenvalue weighted by atomic mass is 10.0. The van der Waals surface area contributed by atoms with Gasteiger partial charge < -0.3 is 10.1 Å². The number of benzene rings is 3. The van der Waals surface area contributed by atoms with Gasteiger partial charge in [-0.1, -0.05) is 67.9 Å². The van der Waals surface area contributed by atoms with Crippen LogP contribution >= 0.6 is 11.6 Å². The summed E-state index contributed by atoms with van der Waals surface area (Å²) in [5.41, 5.74) is 3.34. The van der Waals surface area contributed by atoms with E-state index in [1.807, 2.05) is 31.2 Å². The number of aryl methyl sites for hydroxylation is 1. The zero-order chi connectivity index (χ0) is 22.5. The van der Waals surface area contributed by atoms with Crippen LogP contribution in [0.1, 0.15) is 53.7 Å². The maximum atomic E-state index is 13.0. The minimum Gasteiger partial charge on any atom is -0.481 e. The number of hydrogen-bond donors (Lipinski definition) is 1. The fourth-order valence-corrected chi connectivity index (χ4v) is 3.43. The third-order valence-corrected chi connectivity index (χ3v) is 5.22. The highest BCUT2D eigenvalue weighted by atomic mass is 35.5. The van der Waals surface area contributed by atoms with Gasteiger partial charge in [0, 0.05) is 16.1 Å². The Balaban J connectivity index is 1.83. The maximum Gasteiger partial charge on any atom is 0.265 e. The molecule has 0 radical (unpaired) electrons. The molecular weight excluding hydrogens is 410 g/mol. The summed E-state index contributed by atoms with van der Waals surface area (Å²) in [6.45, 7) is 7.84. The van der Waals surface area contributed by atoms with Crippen molar-refractivity contribution in [1.82, 2.24) is 0 Å². The summed E-state index contributed by atoms with van der Waals surface area (Å²) in [6, 6.07) is 19.7. The van der Waals surface area contributed by atoms with Crippen molar-refractivity contribution in [2.75, 3.05) is 5.32 Å². The molecule has 0 aliphatic rings. The van der Waals surface area contributed by atoms with E-state index in [0.717, 1.165) is 11.1 Å². The molecule has 1 atom stereocenters. The molecule has 1 amide bonds. The van der Waals surface area contributed by atoms with Gasteiger partial charge >= 0.3 is 0 Å². The van der Waals surface area contributed by atoms with Gasteiger partial charge in [-0.05, 0) is 55.2 Å². The second-order valence-corrected chi connectivity index (χ2v) is 8.27. The Morgan fingerprint density at radius 2 is 1.65 bits per heavy atom. The molecule has 3 aromatic rings. The van der Waals surface area contributed by atoms with Crippen LogP contribution in [0.15, 0.2) is 66.7 Å². The molecule has 0 aliphatic carbocycles. The predicted octanol–water partition coefficient (Wildman–Crippen LogP) is 6.41. The molecule has 31 heavy (non-hydrogen) atoms. The maximum absolute atomic E-state index is 13.0. The Labute approximate surface area is 188 Å². The molecule has 0 saturated carbocycles. The zero-order valence-electron chi connectivity index (χ0n) is 18.1. The van der Waals surface area contributed by atoms with Crippen LogP contribution in [0, 0.1) is 6.92 Å². The van der Waals surface area contributed by atoms with Crippen LogP contribution in [0.3, 0.4) is 0 Å². The van der Waals surface area contributed by atoms with E-state index in [0.29, 0.717) is 27.6 Å². The average molecular weight is 436 g/mol. The van der Waals surface area contributed by atoms with Gasteiger partial charge in [0.05, 0.1) is 5.69 Å². The molecule has 0 heterocycles. The minimum atomic E-state index is -0.755. The SMILES string of the molecule is Cc1ccc(C(C)C)c(O[C@@H](C)C(=O)Nc2ccc(Cl)cc2C(=O)c2ccccc2)c1. The van der Waals surface area contributed by atoms with Gasteiger partial charge in [0.1, 0.15) is 5.75 Å². The molecule has 4 nitrogen and oxygen atoms in total. The van der Waals surface area contributed by atoms with Crippen molar-refractivity contribution >= 4 is 29.0 Å². The lowest BCUT2D eigenvalue weighted by Crippen LogP contribution is -2.31. The quantitative estimate of drug-likeness (QED) is 0.436. The van der Waals surface area contributed by atoms with Crippen molar-refractivity contribution in [1.29, 1.82) is 0 Å². The summed E-state index contributed by atoms with van der Waals surface area (Å²) in [7, 11) is 0. The standard InChI is InChI=1S/C26H26ClNO3/c1-16(2)21-12-10-17(3)14-24(21)31-18(4)26(30)28-23-13-11-20(27)15-22(23)25(29)19-8-6-5-7-9-19/h5-16,18H,1-4H3,(H,28,30)/t18-/m0/s1. The van der Waals surface area contributed by atoms with E-state index in [2.05, 4.69) is 19.2 Å². The lowest BCUT2D eigenvalue weighted by Gasteiger charge is -2.20. The molecule has 3 rings (SSSR count).